The number of aryl methyl sites for hydroxylation is 1. The second-order valence-electron chi connectivity index (χ2n) is 15.0. The lowest BCUT2D eigenvalue weighted by atomic mass is 9.73. The van der Waals surface area contributed by atoms with Crippen molar-refractivity contribution in [2.45, 2.75) is 91.1 Å². The Bertz CT molecular complexity index is 2450. The Morgan fingerprint density at radius 1 is 0.686 bits per heavy atom. The number of nitrogens with zero attached hydrogens (tertiary/aromatic N) is 2. The lowest BCUT2D eigenvalue weighted by Crippen LogP contribution is -2.33. The zero-order valence-corrected chi connectivity index (χ0v) is 30.8. The van der Waals surface area contributed by atoms with E-state index in [1.165, 1.54) is 82.9 Å². The second-order valence-corrected chi connectivity index (χ2v) is 15.0. The molecule has 2 nitrogen and oxygen atoms in total. The van der Waals surface area contributed by atoms with Gasteiger partial charge in [0.1, 0.15) is 0 Å². The van der Waals surface area contributed by atoms with Crippen molar-refractivity contribution < 1.29 is 0 Å². The van der Waals surface area contributed by atoms with Gasteiger partial charge in [-0.3, -0.25) is 0 Å². The van der Waals surface area contributed by atoms with Crippen molar-refractivity contribution in [2.24, 2.45) is 5.92 Å². The summed E-state index contributed by atoms with van der Waals surface area (Å²) in [6, 6.07) is 21.4. The summed E-state index contributed by atoms with van der Waals surface area (Å²) < 4.78 is 5.06. The van der Waals surface area contributed by atoms with Crippen LogP contribution in [-0.4, -0.2) is 9.13 Å². The highest BCUT2D eigenvalue weighted by Gasteiger charge is 2.40. The average Bonchev–Trinajstić information content (AvgIpc) is 3.78. The molecule has 0 radical (unpaired) electrons. The Kier molecular flexibility index (Phi) is 8.03. The molecule has 0 saturated carbocycles. The molecule has 0 bridgehead atoms. The van der Waals surface area contributed by atoms with Gasteiger partial charge in [-0.05, 0) is 116 Å². The van der Waals surface area contributed by atoms with Crippen molar-refractivity contribution >= 4 is 53.4 Å². The van der Waals surface area contributed by atoms with Gasteiger partial charge in [0.15, 0.2) is 0 Å². The van der Waals surface area contributed by atoms with Crippen LogP contribution < -0.4 is 10.6 Å². The first kappa shape index (κ1) is 32.1. The van der Waals surface area contributed by atoms with Gasteiger partial charge in [-0.15, -0.1) is 0 Å². The summed E-state index contributed by atoms with van der Waals surface area (Å²) in [5, 5.41) is 4.26. The van der Waals surface area contributed by atoms with Crippen LogP contribution in [0.15, 0.2) is 72.8 Å². The van der Waals surface area contributed by atoms with Gasteiger partial charge < -0.3 is 9.13 Å². The summed E-state index contributed by atoms with van der Waals surface area (Å²) in [6.45, 7) is 11.4. The molecule has 0 amide bonds. The van der Waals surface area contributed by atoms with Crippen LogP contribution in [0.1, 0.15) is 110 Å². The predicted molar refractivity (Wildman–Crippen MR) is 220 cm³/mol. The van der Waals surface area contributed by atoms with Crippen molar-refractivity contribution in [1.82, 2.24) is 9.13 Å². The zero-order valence-electron chi connectivity index (χ0n) is 30.8. The SMILES string of the molecule is CCn1c2c(c3c1=CCC(/C=C/c1ccc4c(c1)C(CC)(CC)c1cc(/C=C/c5ccc6c(c5)c5c(n6CC)CCC=C5)ccc1-4)C=3)C=CCC2. The molecule has 9 rings (SSSR count). The summed E-state index contributed by atoms with van der Waals surface area (Å²) in [5.74, 6) is 0.417. The molecule has 5 aromatic rings. The van der Waals surface area contributed by atoms with E-state index >= 15 is 0 Å². The van der Waals surface area contributed by atoms with Gasteiger partial charge in [-0.25, -0.2) is 0 Å². The molecule has 4 aliphatic rings. The molecule has 0 spiro atoms. The molecule has 2 heterocycles. The van der Waals surface area contributed by atoms with Gasteiger partial charge in [0.05, 0.1) is 0 Å². The van der Waals surface area contributed by atoms with E-state index in [2.05, 4.69) is 152 Å². The highest BCUT2D eigenvalue weighted by Crippen LogP contribution is 2.53. The van der Waals surface area contributed by atoms with Gasteiger partial charge in [0, 0.05) is 62.5 Å². The van der Waals surface area contributed by atoms with Crippen LogP contribution in [0.2, 0.25) is 0 Å². The molecule has 51 heavy (non-hydrogen) atoms. The molecular formula is C49H50N2. The van der Waals surface area contributed by atoms with E-state index in [9.17, 15) is 0 Å². The number of hydrogen-bond acceptors (Lipinski definition) is 0. The Balaban J connectivity index is 1.01. The van der Waals surface area contributed by atoms with Crippen LogP contribution >= 0.6 is 0 Å². The fourth-order valence-electron chi connectivity index (χ4n) is 10.00. The summed E-state index contributed by atoms with van der Waals surface area (Å²) in [5.41, 5.74) is 16.9. The summed E-state index contributed by atoms with van der Waals surface area (Å²) in [4.78, 5) is 0. The first-order valence-electron chi connectivity index (χ1n) is 19.6. The van der Waals surface area contributed by atoms with E-state index in [-0.39, 0.29) is 5.41 Å². The molecule has 1 atom stereocenters. The predicted octanol–water partition coefficient (Wildman–Crippen LogP) is 11.0. The van der Waals surface area contributed by atoms with Crippen LogP contribution in [0.25, 0.3) is 64.6 Å². The summed E-state index contributed by atoms with van der Waals surface area (Å²) >= 11 is 0. The van der Waals surface area contributed by atoms with Crippen LogP contribution in [0.3, 0.4) is 0 Å². The van der Waals surface area contributed by atoms with Crippen molar-refractivity contribution in [3.63, 3.8) is 0 Å². The van der Waals surface area contributed by atoms with Crippen LogP contribution in [0.4, 0.5) is 0 Å². The zero-order chi connectivity index (χ0) is 34.7. The maximum atomic E-state index is 2.55. The van der Waals surface area contributed by atoms with E-state index < -0.39 is 0 Å². The fourth-order valence-corrected chi connectivity index (χ4v) is 10.00. The highest BCUT2D eigenvalue weighted by molar-refractivity contribution is 5.94. The highest BCUT2D eigenvalue weighted by atomic mass is 15.0. The Morgan fingerprint density at radius 3 is 1.96 bits per heavy atom. The second kappa shape index (κ2) is 12.7. The van der Waals surface area contributed by atoms with Gasteiger partial charge in [-0.2, -0.15) is 0 Å². The normalized spacial score (nSPS) is 18.1. The first-order chi connectivity index (χ1) is 25.1. The Labute approximate surface area is 303 Å². The molecule has 256 valence electrons. The van der Waals surface area contributed by atoms with Crippen molar-refractivity contribution in [3.8, 4) is 11.1 Å². The fraction of sp³-hybridized carbons (Fsp3) is 0.306. The summed E-state index contributed by atoms with van der Waals surface area (Å²) in [7, 11) is 0. The molecule has 2 aromatic heterocycles. The maximum absolute atomic E-state index is 2.55. The lowest BCUT2D eigenvalue weighted by molar-refractivity contribution is 0.490. The van der Waals surface area contributed by atoms with Gasteiger partial charge in [0.2, 0.25) is 0 Å². The third-order valence-electron chi connectivity index (χ3n) is 12.6. The smallest absolute Gasteiger partial charge is 0.0489 e. The molecule has 4 aliphatic carbocycles. The number of fused-ring (bicyclic) bond motifs is 9. The van der Waals surface area contributed by atoms with Crippen LogP contribution in [0.5, 0.6) is 0 Å². The molecule has 3 aromatic carbocycles. The third-order valence-corrected chi connectivity index (χ3v) is 12.6. The molecule has 0 aliphatic heterocycles. The number of aromatic nitrogens is 2. The molecule has 0 fully saturated rings. The van der Waals surface area contributed by atoms with Crippen molar-refractivity contribution in [1.29, 1.82) is 0 Å². The van der Waals surface area contributed by atoms with E-state index in [0.29, 0.717) is 5.92 Å². The molecule has 0 saturated heterocycles. The Morgan fingerprint density at radius 2 is 1.29 bits per heavy atom. The maximum Gasteiger partial charge on any atom is 0.0489 e. The minimum Gasteiger partial charge on any atom is -0.345 e. The molecule has 2 heteroatoms. The number of benzene rings is 3. The van der Waals surface area contributed by atoms with Crippen LogP contribution in [-0.2, 0) is 31.3 Å². The first-order valence-corrected chi connectivity index (χ1v) is 19.6. The average molecular weight is 667 g/mol. The third kappa shape index (κ3) is 5.05. The molecular weight excluding hydrogens is 617 g/mol. The lowest BCUT2D eigenvalue weighted by Gasteiger charge is -2.30. The van der Waals surface area contributed by atoms with E-state index in [1.807, 2.05) is 0 Å². The topological polar surface area (TPSA) is 9.86 Å². The van der Waals surface area contributed by atoms with E-state index in [0.717, 1.165) is 58.0 Å². The largest absolute Gasteiger partial charge is 0.345 e. The molecule has 1 unspecified atom stereocenters. The number of hydrogen-bond donors (Lipinski definition) is 0. The minimum atomic E-state index is 0.0276. The van der Waals surface area contributed by atoms with E-state index in [1.54, 1.807) is 0 Å². The summed E-state index contributed by atoms with van der Waals surface area (Å²) in [6.07, 6.45) is 31.7. The number of rotatable bonds is 8. The Hall–Kier alpha value is -4.82. The van der Waals surface area contributed by atoms with Gasteiger partial charge >= 0.3 is 0 Å². The van der Waals surface area contributed by atoms with Gasteiger partial charge in [0.25, 0.3) is 0 Å². The standard InChI is InChI=1S/C49H50N2/c1-5-49(6-2)43-31-35(19-17-33-23-27-47-41(29-33)39-13-9-11-15-45(39)50(47)7-3)21-25-37(43)38-26-22-36(32-44(38)49)20-18-34-24-28-48-42(30-34)40-14-10-12-16-46(40)51(48)8-4/h9-10,13-14,17-23,25-32,34H,5-8,11-12,15-16,24H2,1-4H3/b19-17+,20-18+. The minimum absolute atomic E-state index is 0.0276. The quantitative estimate of drug-likeness (QED) is 0.146. The number of allylic oxidation sites excluding steroid dienone is 3. The molecule has 0 N–H and O–H groups in total. The van der Waals surface area contributed by atoms with Crippen molar-refractivity contribution in [2.75, 3.05) is 0 Å². The van der Waals surface area contributed by atoms with E-state index in [4.69, 9.17) is 0 Å². The van der Waals surface area contributed by atoms with Crippen LogP contribution in [0, 0.1) is 5.92 Å². The van der Waals surface area contributed by atoms with Gasteiger partial charge in [-0.1, -0.05) is 117 Å². The van der Waals surface area contributed by atoms with Crippen molar-refractivity contribution in [3.05, 3.63) is 134 Å². The monoisotopic (exact) mass is 666 g/mol.